The number of nitrogens with one attached hydrogen (secondary N) is 1. The number of anilines is 1. The van der Waals surface area contributed by atoms with Gasteiger partial charge in [0.2, 0.25) is 0 Å². The number of esters is 1. The van der Waals surface area contributed by atoms with Gasteiger partial charge in [-0.15, -0.1) is 0 Å². The molecule has 0 aromatic heterocycles. The summed E-state index contributed by atoms with van der Waals surface area (Å²) >= 11 is 0. The van der Waals surface area contributed by atoms with Gasteiger partial charge in [-0.05, 0) is 55.3 Å². The molecule has 0 aliphatic heterocycles. The van der Waals surface area contributed by atoms with Gasteiger partial charge < -0.3 is 19.5 Å². The second kappa shape index (κ2) is 10.1. The quantitative estimate of drug-likeness (QED) is 0.682. The highest BCUT2D eigenvalue weighted by Crippen LogP contribution is 2.29. The van der Waals surface area contributed by atoms with Crippen LogP contribution in [-0.2, 0) is 9.53 Å². The highest BCUT2D eigenvalue weighted by atomic mass is 16.5. The van der Waals surface area contributed by atoms with E-state index in [9.17, 15) is 9.59 Å². The summed E-state index contributed by atoms with van der Waals surface area (Å²) in [5.74, 6) is 0.159. The topological polar surface area (TPSA) is 97.6 Å². The molecule has 7 heteroatoms. The summed E-state index contributed by atoms with van der Waals surface area (Å²) in [7, 11) is 1.49. The van der Waals surface area contributed by atoms with Crippen molar-refractivity contribution in [2.75, 3.05) is 19.0 Å². The predicted molar refractivity (Wildman–Crippen MR) is 108 cm³/mol. The minimum absolute atomic E-state index is 0.247. The first-order valence-electron chi connectivity index (χ1n) is 9.17. The molecule has 0 fully saturated rings. The van der Waals surface area contributed by atoms with Crippen LogP contribution in [0.5, 0.6) is 11.5 Å². The Morgan fingerprint density at radius 3 is 2.34 bits per heavy atom. The van der Waals surface area contributed by atoms with Crippen LogP contribution >= 0.6 is 0 Å². The largest absolute Gasteiger partial charge is 0.493 e. The zero-order valence-corrected chi connectivity index (χ0v) is 16.9. The van der Waals surface area contributed by atoms with Crippen molar-refractivity contribution in [2.24, 2.45) is 5.92 Å². The van der Waals surface area contributed by atoms with Crippen LogP contribution in [0.15, 0.2) is 42.5 Å². The number of ether oxygens (including phenoxy) is 3. The lowest BCUT2D eigenvalue weighted by atomic mass is 10.2. The second-order valence-corrected chi connectivity index (χ2v) is 6.80. The first-order chi connectivity index (χ1) is 13.8. The van der Waals surface area contributed by atoms with Crippen molar-refractivity contribution in [3.63, 3.8) is 0 Å². The number of amides is 1. The Morgan fingerprint density at radius 1 is 1.07 bits per heavy atom. The monoisotopic (exact) mass is 396 g/mol. The van der Waals surface area contributed by atoms with Crippen LogP contribution in [-0.4, -0.2) is 31.7 Å². The Hall–Kier alpha value is -3.53. The normalized spacial score (nSPS) is 11.3. The van der Waals surface area contributed by atoms with E-state index in [2.05, 4.69) is 5.32 Å². The maximum atomic E-state index is 12.4. The minimum Gasteiger partial charge on any atom is -0.493 e. The molecule has 0 saturated carbocycles. The molecule has 0 radical (unpaired) electrons. The third kappa shape index (κ3) is 6.25. The maximum Gasteiger partial charge on any atom is 0.339 e. The molecular formula is C22H24N2O5. The first-order valence-corrected chi connectivity index (χ1v) is 9.17. The zero-order valence-electron chi connectivity index (χ0n) is 16.9. The van der Waals surface area contributed by atoms with Gasteiger partial charge in [0.1, 0.15) is 0 Å². The number of benzene rings is 2. The summed E-state index contributed by atoms with van der Waals surface area (Å²) in [5.41, 5.74) is 1.24. The van der Waals surface area contributed by atoms with E-state index in [1.807, 2.05) is 19.9 Å². The van der Waals surface area contributed by atoms with E-state index in [-0.39, 0.29) is 5.56 Å². The fraction of sp³-hybridized carbons (Fsp3) is 0.318. The van der Waals surface area contributed by atoms with Gasteiger partial charge in [0.05, 0.1) is 30.9 Å². The van der Waals surface area contributed by atoms with Crippen molar-refractivity contribution in [3.8, 4) is 17.6 Å². The maximum absolute atomic E-state index is 12.4. The molecule has 0 aliphatic rings. The Bertz CT molecular complexity index is 900. The molecule has 0 bridgehead atoms. The van der Waals surface area contributed by atoms with Gasteiger partial charge in [-0.1, -0.05) is 13.8 Å². The number of hydrogen-bond acceptors (Lipinski definition) is 6. The average molecular weight is 396 g/mol. The molecule has 1 amide bonds. The van der Waals surface area contributed by atoms with E-state index in [1.54, 1.807) is 36.4 Å². The first kappa shape index (κ1) is 21.8. The highest BCUT2D eigenvalue weighted by molar-refractivity contribution is 5.97. The predicted octanol–water partition coefficient (Wildman–Crippen LogP) is 3.79. The number of rotatable bonds is 8. The fourth-order valence-corrected chi connectivity index (χ4v) is 2.32. The van der Waals surface area contributed by atoms with Gasteiger partial charge in [0, 0.05) is 5.69 Å². The molecule has 1 atom stereocenters. The van der Waals surface area contributed by atoms with Crippen LogP contribution in [0.3, 0.4) is 0 Å². The second-order valence-electron chi connectivity index (χ2n) is 6.80. The summed E-state index contributed by atoms with van der Waals surface area (Å²) in [5, 5.41) is 11.4. The Morgan fingerprint density at radius 2 is 1.76 bits per heavy atom. The van der Waals surface area contributed by atoms with E-state index in [4.69, 9.17) is 19.5 Å². The van der Waals surface area contributed by atoms with Gasteiger partial charge in [-0.2, -0.15) is 5.26 Å². The van der Waals surface area contributed by atoms with Gasteiger partial charge in [-0.3, -0.25) is 4.79 Å². The van der Waals surface area contributed by atoms with Crippen molar-refractivity contribution in [3.05, 3.63) is 53.6 Å². The standard InChI is InChI=1S/C22H24N2O5/c1-14(2)13-28-19-10-7-17(11-20(19)27-4)22(26)29-15(3)21(25)24-18-8-5-16(12-23)6-9-18/h5-11,14-15H,13H2,1-4H3,(H,24,25)/t15-/m1/s1. The van der Waals surface area contributed by atoms with Crippen molar-refractivity contribution in [2.45, 2.75) is 26.9 Å². The van der Waals surface area contributed by atoms with Crippen molar-refractivity contribution >= 4 is 17.6 Å². The van der Waals surface area contributed by atoms with Crippen LogP contribution in [0, 0.1) is 17.2 Å². The van der Waals surface area contributed by atoms with Crippen LogP contribution in [0.25, 0.3) is 0 Å². The summed E-state index contributed by atoms with van der Waals surface area (Å²) in [6.45, 7) is 6.06. The summed E-state index contributed by atoms with van der Waals surface area (Å²) in [6.07, 6.45) is -1.01. The van der Waals surface area contributed by atoms with Crippen molar-refractivity contribution in [1.82, 2.24) is 0 Å². The summed E-state index contributed by atoms with van der Waals surface area (Å²) < 4.78 is 16.2. The van der Waals surface area contributed by atoms with Crippen LogP contribution < -0.4 is 14.8 Å². The lowest BCUT2D eigenvalue weighted by Gasteiger charge is -2.15. The van der Waals surface area contributed by atoms with E-state index >= 15 is 0 Å². The third-order valence-electron chi connectivity index (χ3n) is 3.91. The lowest BCUT2D eigenvalue weighted by Crippen LogP contribution is -2.30. The van der Waals surface area contributed by atoms with Crippen molar-refractivity contribution < 1.29 is 23.8 Å². The Kier molecular flexibility index (Phi) is 7.61. The molecule has 0 unspecified atom stereocenters. The van der Waals surface area contributed by atoms with Gasteiger partial charge in [0.15, 0.2) is 17.6 Å². The number of nitrogens with zero attached hydrogens (tertiary/aromatic N) is 1. The van der Waals surface area contributed by atoms with Crippen LogP contribution in [0.1, 0.15) is 36.7 Å². The van der Waals surface area contributed by atoms with E-state index in [1.165, 1.54) is 20.1 Å². The molecule has 0 heterocycles. The molecule has 2 aromatic rings. The van der Waals surface area contributed by atoms with E-state index in [0.29, 0.717) is 35.3 Å². The van der Waals surface area contributed by atoms with E-state index < -0.39 is 18.0 Å². The van der Waals surface area contributed by atoms with Crippen LogP contribution in [0.2, 0.25) is 0 Å². The molecule has 7 nitrogen and oxygen atoms in total. The number of nitriles is 1. The molecule has 2 rings (SSSR count). The van der Waals surface area contributed by atoms with Crippen molar-refractivity contribution in [1.29, 1.82) is 5.26 Å². The van der Waals surface area contributed by atoms with Gasteiger partial charge in [-0.25, -0.2) is 4.79 Å². The Balaban J connectivity index is 2.00. The molecule has 152 valence electrons. The van der Waals surface area contributed by atoms with Gasteiger partial charge >= 0.3 is 5.97 Å². The number of hydrogen-bond donors (Lipinski definition) is 1. The number of carbonyl (C=O) groups is 2. The summed E-state index contributed by atoms with van der Waals surface area (Å²) in [6, 6.07) is 13.1. The lowest BCUT2D eigenvalue weighted by molar-refractivity contribution is -0.123. The number of carbonyl (C=O) groups excluding carboxylic acids is 2. The SMILES string of the molecule is COc1cc(C(=O)O[C@H](C)C(=O)Nc2ccc(C#N)cc2)ccc1OCC(C)C. The molecular weight excluding hydrogens is 372 g/mol. The van der Waals surface area contributed by atoms with Crippen LogP contribution in [0.4, 0.5) is 5.69 Å². The minimum atomic E-state index is -1.01. The Labute approximate surface area is 170 Å². The summed E-state index contributed by atoms with van der Waals surface area (Å²) in [4.78, 5) is 24.7. The molecule has 2 aromatic carbocycles. The fourth-order valence-electron chi connectivity index (χ4n) is 2.32. The highest BCUT2D eigenvalue weighted by Gasteiger charge is 2.20. The molecule has 0 spiro atoms. The smallest absolute Gasteiger partial charge is 0.339 e. The van der Waals surface area contributed by atoms with E-state index in [0.717, 1.165) is 0 Å². The number of methoxy groups -OCH3 is 1. The third-order valence-corrected chi connectivity index (χ3v) is 3.91. The molecule has 0 saturated heterocycles. The van der Waals surface area contributed by atoms with Gasteiger partial charge in [0.25, 0.3) is 5.91 Å². The molecule has 29 heavy (non-hydrogen) atoms. The average Bonchev–Trinajstić information content (AvgIpc) is 2.72. The molecule has 1 N–H and O–H groups in total. The molecule has 0 aliphatic carbocycles. The zero-order chi connectivity index (χ0) is 21.4.